The second-order valence-corrected chi connectivity index (χ2v) is 6.79. The van der Waals surface area contributed by atoms with Gasteiger partial charge in [-0.25, -0.2) is 0 Å². The first-order valence-electron chi connectivity index (χ1n) is 6.06. The zero-order chi connectivity index (χ0) is 13.4. The highest BCUT2D eigenvalue weighted by Gasteiger charge is 2.42. The van der Waals surface area contributed by atoms with Crippen LogP contribution in [-0.2, 0) is 9.59 Å². The molecule has 1 saturated heterocycles. The van der Waals surface area contributed by atoms with Crippen LogP contribution in [0.3, 0.4) is 0 Å². The molecule has 1 atom stereocenters. The molecule has 17 heavy (non-hydrogen) atoms. The molecule has 0 aromatic heterocycles. The Balaban J connectivity index is 2.79. The molecule has 0 spiro atoms. The quantitative estimate of drug-likeness (QED) is 0.823. The van der Waals surface area contributed by atoms with Gasteiger partial charge in [0.1, 0.15) is 0 Å². The lowest BCUT2D eigenvalue weighted by Crippen LogP contribution is -2.47. The fourth-order valence-electron chi connectivity index (χ4n) is 2.85. The minimum atomic E-state index is -0.868. The van der Waals surface area contributed by atoms with Gasteiger partial charge >= 0.3 is 5.97 Å². The van der Waals surface area contributed by atoms with E-state index in [9.17, 15) is 9.59 Å². The smallest absolute Gasteiger partial charge is 0.308 e. The zero-order valence-corrected chi connectivity index (χ0v) is 11.4. The Labute approximate surface area is 103 Å². The lowest BCUT2D eigenvalue weighted by atomic mass is 9.81. The molecule has 1 rings (SSSR count). The van der Waals surface area contributed by atoms with E-state index in [4.69, 9.17) is 5.11 Å². The molecule has 0 radical (unpaired) electrons. The number of likely N-dealkylation sites (tertiary alicyclic amines) is 1. The van der Waals surface area contributed by atoms with Gasteiger partial charge in [0.25, 0.3) is 0 Å². The number of aliphatic carboxylic acids is 1. The van der Waals surface area contributed by atoms with Crippen LogP contribution in [-0.4, -0.2) is 34.0 Å². The van der Waals surface area contributed by atoms with Crippen LogP contribution < -0.4 is 0 Å². The minimum Gasteiger partial charge on any atom is -0.481 e. The minimum absolute atomic E-state index is 0.0355. The summed E-state index contributed by atoms with van der Waals surface area (Å²) in [6.07, 6.45) is 1.00. The van der Waals surface area contributed by atoms with Crippen LogP contribution in [0, 0.1) is 11.3 Å². The molecule has 1 N–H and O–H groups in total. The van der Waals surface area contributed by atoms with E-state index in [1.807, 2.05) is 13.8 Å². The summed E-state index contributed by atoms with van der Waals surface area (Å²) in [5.74, 6) is -1.44. The average Bonchev–Trinajstić information content (AvgIpc) is 2.43. The third-order valence-electron chi connectivity index (χ3n) is 3.17. The topological polar surface area (TPSA) is 57.6 Å². The fraction of sp³-hybridized carbons (Fsp3) is 0.846. The SMILES string of the molecule is CC(C)(C)CC(C)(C)N1C[C@H](C(=O)O)CC1=O. The molecule has 98 valence electrons. The third kappa shape index (κ3) is 3.45. The first kappa shape index (κ1) is 14.0. The summed E-state index contributed by atoms with van der Waals surface area (Å²) in [6.45, 7) is 10.8. The van der Waals surface area contributed by atoms with Crippen molar-refractivity contribution >= 4 is 11.9 Å². The molecule has 0 aromatic carbocycles. The van der Waals surface area contributed by atoms with Crippen molar-refractivity contribution in [2.45, 2.75) is 53.0 Å². The van der Waals surface area contributed by atoms with Crippen LogP contribution in [0.1, 0.15) is 47.5 Å². The standard InChI is InChI=1S/C13H23NO3/c1-12(2,3)8-13(4,5)14-7-9(11(16)17)6-10(14)15/h9H,6-8H2,1-5H3,(H,16,17)/t9-/m1/s1. The van der Waals surface area contributed by atoms with Gasteiger partial charge in [-0.3, -0.25) is 9.59 Å². The number of amides is 1. The van der Waals surface area contributed by atoms with Gasteiger partial charge in [0.15, 0.2) is 0 Å². The van der Waals surface area contributed by atoms with Gasteiger partial charge in [0.2, 0.25) is 5.91 Å². The second-order valence-electron chi connectivity index (χ2n) is 6.79. The Morgan fingerprint density at radius 2 is 1.88 bits per heavy atom. The molecule has 4 heteroatoms. The van der Waals surface area contributed by atoms with E-state index in [0.29, 0.717) is 6.54 Å². The van der Waals surface area contributed by atoms with Crippen molar-refractivity contribution < 1.29 is 14.7 Å². The number of nitrogens with zero attached hydrogens (tertiary/aromatic N) is 1. The lowest BCUT2D eigenvalue weighted by molar-refractivity contribution is -0.141. The fourth-order valence-corrected chi connectivity index (χ4v) is 2.85. The van der Waals surface area contributed by atoms with Gasteiger partial charge in [-0.05, 0) is 25.7 Å². The summed E-state index contributed by atoms with van der Waals surface area (Å²) in [4.78, 5) is 24.5. The summed E-state index contributed by atoms with van der Waals surface area (Å²) < 4.78 is 0. The molecular formula is C13H23NO3. The van der Waals surface area contributed by atoms with Crippen molar-refractivity contribution in [1.29, 1.82) is 0 Å². The predicted molar refractivity (Wildman–Crippen MR) is 65.6 cm³/mol. The molecule has 1 heterocycles. The van der Waals surface area contributed by atoms with Gasteiger partial charge in [-0.1, -0.05) is 20.8 Å². The van der Waals surface area contributed by atoms with E-state index in [0.717, 1.165) is 6.42 Å². The molecule has 0 unspecified atom stereocenters. The highest BCUT2D eigenvalue weighted by atomic mass is 16.4. The van der Waals surface area contributed by atoms with Crippen LogP contribution in [0.2, 0.25) is 0 Å². The Bertz CT molecular complexity index is 328. The maximum atomic E-state index is 11.9. The summed E-state index contributed by atoms with van der Waals surface area (Å²) in [5.41, 5.74) is -0.162. The average molecular weight is 241 g/mol. The van der Waals surface area contributed by atoms with Gasteiger partial charge in [0.05, 0.1) is 5.92 Å². The van der Waals surface area contributed by atoms with E-state index in [1.165, 1.54) is 0 Å². The largest absolute Gasteiger partial charge is 0.481 e. The van der Waals surface area contributed by atoms with E-state index in [2.05, 4.69) is 20.8 Å². The molecular weight excluding hydrogens is 218 g/mol. The Hall–Kier alpha value is -1.06. The Kier molecular flexibility index (Phi) is 3.55. The highest BCUT2D eigenvalue weighted by molar-refractivity contribution is 5.86. The first-order valence-corrected chi connectivity index (χ1v) is 6.06. The number of hydrogen-bond acceptors (Lipinski definition) is 2. The van der Waals surface area contributed by atoms with Crippen molar-refractivity contribution in [2.75, 3.05) is 6.54 Å². The highest BCUT2D eigenvalue weighted by Crippen LogP contribution is 2.35. The molecule has 0 aliphatic carbocycles. The van der Waals surface area contributed by atoms with Crippen molar-refractivity contribution in [1.82, 2.24) is 4.90 Å². The summed E-state index contributed by atoms with van der Waals surface area (Å²) in [6, 6.07) is 0. The lowest BCUT2D eigenvalue weighted by Gasteiger charge is -2.40. The van der Waals surface area contributed by atoms with Gasteiger partial charge < -0.3 is 10.0 Å². The zero-order valence-electron chi connectivity index (χ0n) is 11.4. The molecule has 1 fully saturated rings. The van der Waals surface area contributed by atoms with Crippen LogP contribution >= 0.6 is 0 Å². The first-order chi connectivity index (χ1) is 7.53. The number of carboxylic acids is 1. The van der Waals surface area contributed by atoms with Crippen LogP contribution in [0.5, 0.6) is 0 Å². The van der Waals surface area contributed by atoms with Gasteiger partial charge in [0, 0.05) is 18.5 Å². The summed E-state index contributed by atoms with van der Waals surface area (Å²) >= 11 is 0. The monoisotopic (exact) mass is 241 g/mol. The van der Waals surface area contributed by atoms with Crippen LogP contribution in [0.4, 0.5) is 0 Å². The molecule has 0 aromatic rings. The van der Waals surface area contributed by atoms with E-state index < -0.39 is 11.9 Å². The summed E-state index contributed by atoms with van der Waals surface area (Å²) in [5, 5.41) is 8.97. The van der Waals surface area contributed by atoms with Crippen LogP contribution in [0.25, 0.3) is 0 Å². The van der Waals surface area contributed by atoms with Crippen LogP contribution in [0.15, 0.2) is 0 Å². The van der Waals surface area contributed by atoms with E-state index in [1.54, 1.807) is 4.90 Å². The van der Waals surface area contributed by atoms with Crippen molar-refractivity contribution in [3.8, 4) is 0 Å². The molecule has 4 nitrogen and oxygen atoms in total. The van der Waals surface area contributed by atoms with Gasteiger partial charge in [-0.2, -0.15) is 0 Å². The maximum absolute atomic E-state index is 11.9. The second kappa shape index (κ2) is 4.31. The Morgan fingerprint density at radius 1 is 1.35 bits per heavy atom. The van der Waals surface area contributed by atoms with Crippen molar-refractivity contribution in [3.63, 3.8) is 0 Å². The third-order valence-corrected chi connectivity index (χ3v) is 3.17. The number of carbonyl (C=O) groups is 2. The predicted octanol–water partition coefficient (Wildman–Crippen LogP) is 2.13. The molecule has 0 saturated carbocycles. The number of carboxylic acid groups (broad SMARTS) is 1. The van der Waals surface area contributed by atoms with E-state index >= 15 is 0 Å². The summed E-state index contributed by atoms with van der Waals surface area (Å²) in [7, 11) is 0. The number of rotatable bonds is 3. The van der Waals surface area contributed by atoms with Crippen molar-refractivity contribution in [3.05, 3.63) is 0 Å². The molecule has 1 aliphatic heterocycles. The maximum Gasteiger partial charge on any atom is 0.308 e. The van der Waals surface area contributed by atoms with Crippen molar-refractivity contribution in [2.24, 2.45) is 11.3 Å². The Morgan fingerprint density at radius 3 is 2.24 bits per heavy atom. The van der Waals surface area contributed by atoms with E-state index in [-0.39, 0.29) is 23.3 Å². The molecule has 1 aliphatic rings. The molecule has 0 bridgehead atoms. The normalized spacial score (nSPS) is 22.1. The molecule has 1 amide bonds. The van der Waals surface area contributed by atoms with Gasteiger partial charge in [-0.15, -0.1) is 0 Å². The number of hydrogen-bond donors (Lipinski definition) is 1. The number of carbonyl (C=O) groups excluding carboxylic acids is 1.